The number of para-hydroxylation sites is 1. The molecular weight excluding hydrogens is 304 g/mol. The van der Waals surface area contributed by atoms with Gasteiger partial charge in [-0.15, -0.1) is 0 Å². The number of nitrogens with zero attached hydrogens (tertiary/aromatic N) is 1. The summed E-state index contributed by atoms with van der Waals surface area (Å²) >= 11 is 0. The molecule has 0 aliphatic carbocycles. The summed E-state index contributed by atoms with van der Waals surface area (Å²) in [5, 5.41) is 9.95. The van der Waals surface area contributed by atoms with Gasteiger partial charge in [0.05, 0.1) is 11.3 Å². The van der Waals surface area contributed by atoms with Crippen LogP contribution in [0.1, 0.15) is 19.4 Å². The number of benzene rings is 1. The van der Waals surface area contributed by atoms with E-state index in [1.807, 2.05) is 12.1 Å². The molecular formula is C15H18N2O4S. The Morgan fingerprint density at radius 2 is 1.95 bits per heavy atom. The number of hydrogen-bond donors (Lipinski definition) is 2. The first kappa shape index (κ1) is 16.4. The van der Waals surface area contributed by atoms with E-state index in [-0.39, 0.29) is 11.7 Å². The molecule has 0 radical (unpaired) electrons. The van der Waals surface area contributed by atoms with Gasteiger partial charge in [-0.2, -0.15) is 0 Å². The first-order chi connectivity index (χ1) is 10.3. The zero-order chi connectivity index (χ0) is 16.3. The SMILES string of the molecule is CC(C)[C@H](NS(=O)(=O)Cc1cccc2cccnc12)C(=O)O. The molecule has 0 spiro atoms. The molecule has 1 aromatic carbocycles. The van der Waals surface area contributed by atoms with E-state index >= 15 is 0 Å². The van der Waals surface area contributed by atoms with Crippen LogP contribution in [0.3, 0.4) is 0 Å². The fraction of sp³-hybridized carbons (Fsp3) is 0.333. The van der Waals surface area contributed by atoms with Gasteiger partial charge in [0.1, 0.15) is 6.04 Å². The Hall–Kier alpha value is -1.99. The first-order valence-electron chi connectivity index (χ1n) is 6.85. The molecule has 0 saturated heterocycles. The van der Waals surface area contributed by atoms with Crippen molar-refractivity contribution >= 4 is 26.9 Å². The molecule has 2 N–H and O–H groups in total. The number of carboxylic acids is 1. The summed E-state index contributed by atoms with van der Waals surface area (Å²) in [5.74, 6) is -1.84. The van der Waals surface area contributed by atoms with Crippen molar-refractivity contribution in [2.45, 2.75) is 25.6 Å². The van der Waals surface area contributed by atoms with E-state index in [0.717, 1.165) is 5.39 Å². The van der Waals surface area contributed by atoms with Gasteiger partial charge < -0.3 is 5.11 Å². The quantitative estimate of drug-likeness (QED) is 0.845. The smallest absolute Gasteiger partial charge is 0.321 e. The van der Waals surface area contributed by atoms with Gasteiger partial charge in [0.2, 0.25) is 10.0 Å². The Bertz CT molecular complexity index is 782. The third kappa shape index (κ3) is 3.80. The molecule has 0 bridgehead atoms. The number of carbonyl (C=O) groups is 1. The highest BCUT2D eigenvalue weighted by molar-refractivity contribution is 7.88. The molecule has 0 amide bonds. The summed E-state index contributed by atoms with van der Waals surface area (Å²) in [5.41, 5.74) is 1.14. The highest BCUT2D eigenvalue weighted by Crippen LogP contribution is 2.18. The van der Waals surface area contributed by atoms with Crippen LogP contribution in [0.15, 0.2) is 36.5 Å². The summed E-state index contributed by atoms with van der Waals surface area (Å²) in [6, 6.07) is 7.76. The standard InChI is InChI=1S/C15H18N2O4S/c1-10(2)13(15(18)19)17-22(20,21)9-12-6-3-5-11-7-4-8-16-14(11)12/h3-8,10,13,17H,9H2,1-2H3,(H,18,19)/t13-/m0/s1. The van der Waals surface area contributed by atoms with Gasteiger partial charge in [-0.1, -0.05) is 38.1 Å². The Kier molecular flexibility index (Phi) is 4.77. The number of hydrogen-bond acceptors (Lipinski definition) is 4. The molecule has 0 fully saturated rings. The van der Waals surface area contributed by atoms with E-state index in [4.69, 9.17) is 5.11 Å². The van der Waals surface area contributed by atoms with Crippen molar-refractivity contribution < 1.29 is 18.3 Å². The minimum atomic E-state index is -3.79. The fourth-order valence-corrected chi connectivity index (χ4v) is 3.68. The maximum Gasteiger partial charge on any atom is 0.321 e. The highest BCUT2D eigenvalue weighted by atomic mass is 32.2. The molecule has 0 aliphatic rings. The molecule has 118 valence electrons. The Balaban J connectivity index is 2.29. The Morgan fingerprint density at radius 3 is 2.59 bits per heavy atom. The number of sulfonamides is 1. The predicted molar refractivity (Wildman–Crippen MR) is 83.8 cm³/mol. The van der Waals surface area contributed by atoms with Crippen molar-refractivity contribution in [1.29, 1.82) is 0 Å². The number of rotatable bonds is 6. The lowest BCUT2D eigenvalue weighted by Gasteiger charge is -2.18. The topological polar surface area (TPSA) is 96.4 Å². The Morgan fingerprint density at radius 1 is 1.27 bits per heavy atom. The van der Waals surface area contributed by atoms with Gasteiger partial charge in [-0.05, 0) is 17.5 Å². The van der Waals surface area contributed by atoms with Crippen molar-refractivity contribution in [3.63, 3.8) is 0 Å². The second-order valence-corrected chi connectivity index (χ2v) is 7.18. The number of aliphatic carboxylic acids is 1. The largest absolute Gasteiger partial charge is 0.480 e. The average molecular weight is 322 g/mol. The second kappa shape index (κ2) is 6.41. The normalized spacial score (nSPS) is 13.4. The van der Waals surface area contributed by atoms with Gasteiger partial charge in [0.15, 0.2) is 0 Å². The number of fused-ring (bicyclic) bond motifs is 1. The minimum absolute atomic E-state index is 0.308. The maximum absolute atomic E-state index is 12.3. The lowest BCUT2D eigenvalue weighted by atomic mass is 10.1. The van der Waals surface area contributed by atoms with Gasteiger partial charge in [0, 0.05) is 11.6 Å². The first-order valence-corrected chi connectivity index (χ1v) is 8.51. The van der Waals surface area contributed by atoms with E-state index in [1.165, 1.54) is 0 Å². The van der Waals surface area contributed by atoms with Gasteiger partial charge in [0.25, 0.3) is 0 Å². The third-order valence-electron chi connectivity index (χ3n) is 3.30. The maximum atomic E-state index is 12.3. The van der Waals surface area contributed by atoms with Crippen LogP contribution >= 0.6 is 0 Å². The third-order valence-corrected chi connectivity index (χ3v) is 4.61. The fourth-order valence-electron chi connectivity index (χ4n) is 2.20. The van der Waals surface area contributed by atoms with Crippen LogP contribution in [0, 0.1) is 5.92 Å². The van der Waals surface area contributed by atoms with E-state index in [9.17, 15) is 13.2 Å². The molecule has 22 heavy (non-hydrogen) atoms. The molecule has 1 atom stereocenters. The van der Waals surface area contributed by atoms with Crippen LogP contribution in [0.2, 0.25) is 0 Å². The summed E-state index contributed by atoms with van der Waals surface area (Å²) in [4.78, 5) is 15.4. The van der Waals surface area contributed by atoms with Gasteiger partial charge >= 0.3 is 5.97 Å². The zero-order valence-electron chi connectivity index (χ0n) is 12.4. The van der Waals surface area contributed by atoms with Crippen molar-refractivity contribution in [1.82, 2.24) is 9.71 Å². The molecule has 7 heteroatoms. The minimum Gasteiger partial charge on any atom is -0.480 e. The van der Waals surface area contributed by atoms with E-state index in [2.05, 4.69) is 9.71 Å². The molecule has 6 nitrogen and oxygen atoms in total. The highest BCUT2D eigenvalue weighted by Gasteiger charge is 2.27. The number of nitrogens with one attached hydrogen (secondary N) is 1. The Labute approximate surface area is 129 Å². The van der Waals surface area contributed by atoms with Crippen molar-refractivity contribution in [3.8, 4) is 0 Å². The summed E-state index contributed by atoms with van der Waals surface area (Å²) < 4.78 is 26.8. The number of aromatic nitrogens is 1. The summed E-state index contributed by atoms with van der Waals surface area (Å²) in [7, 11) is -3.79. The summed E-state index contributed by atoms with van der Waals surface area (Å²) in [6.45, 7) is 3.31. The zero-order valence-corrected chi connectivity index (χ0v) is 13.2. The number of carboxylic acid groups (broad SMARTS) is 1. The van der Waals surface area contributed by atoms with Gasteiger partial charge in [-0.25, -0.2) is 13.1 Å². The van der Waals surface area contributed by atoms with Crippen LogP contribution in [0.4, 0.5) is 0 Å². The monoisotopic (exact) mass is 322 g/mol. The van der Waals surface area contributed by atoms with Gasteiger partial charge in [-0.3, -0.25) is 9.78 Å². The molecule has 0 saturated carbocycles. The molecule has 2 rings (SSSR count). The van der Waals surface area contributed by atoms with Crippen LogP contribution in [-0.2, 0) is 20.6 Å². The van der Waals surface area contributed by atoms with E-state index in [1.54, 1.807) is 38.2 Å². The average Bonchev–Trinajstić information content (AvgIpc) is 2.44. The van der Waals surface area contributed by atoms with Crippen LogP contribution in [0.5, 0.6) is 0 Å². The van der Waals surface area contributed by atoms with Crippen LogP contribution in [-0.4, -0.2) is 30.5 Å². The van der Waals surface area contributed by atoms with Crippen molar-refractivity contribution in [2.24, 2.45) is 5.92 Å². The second-order valence-electron chi connectivity index (χ2n) is 5.43. The molecule has 1 heterocycles. The molecule has 0 unspecified atom stereocenters. The van der Waals surface area contributed by atoms with Crippen molar-refractivity contribution in [3.05, 3.63) is 42.1 Å². The molecule has 1 aromatic heterocycles. The lowest BCUT2D eigenvalue weighted by molar-refractivity contribution is -0.140. The van der Waals surface area contributed by atoms with E-state index in [0.29, 0.717) is 11.1 Å². The van der Waals surface area contributed by atoms with Crippen molar-refractivity contribution in [2.75, 3.05) is 0 Å². The number of pyridine rings is 1. The molecule has 2 aromatic rings. The predicted octanol–water partition coefficient (Wildman–Crippen LogP) is 1.76. The summed E-state index contributed by atoms with van der Waals surface area (Å²) in [6.07, 6.45) is 1.60. The van der Waals surface area contributed by atoms with Crippen LogP contribution < -0.4 is 4.72 Å². The van der Waals surface area contributed by atoms with Crippen LogP contribution in [0.25, 0.3) is 10.9 Å². The lowest BCUT2D eigenvalue weighted by Crippen LogP contribution is -2.44. The van der Waals surface area contributed by atoms with E-state index < -0.39 is 22.0 Å². The molecule has 0 aliphatic heterocycles.